The second-order valence-electron chi connectivity index (χ2n) is 3.29. The molecule has 0 saturated heterocycles. The number of carbonyl (C=O) groups is 1. The summed E-state index contributed by atoms with van der Waals surface area (Å²) in [6.07, 6.45) is -0.381. The average molecular weight is 188 g/mol. The van der Waals surface area contributed by atoms with E-state index in [1.54, 1.807) is 11.8 Å². The summed E-state index contributed by atoms with van der Waals surface area (Å²) >= 11 is 0. The van der Waals surface area contributed by atoms with E-state index in [1.165, 1.54) is 7.11 Å². The second kappa shape index (κ2) is 5.94. The Morgan fingerprint density at radius 1 is 1.46 bits per heavy atom. The van der Waals surface area contributed by atoms with Crippen molar-refractivity contribution in [1.29, 1.82) is 0 Å². The number of nitrogens with zero attached hydrogens (tertiary/aromatic N) is 1. The van der Waals surface area contributed by atoms with E-state index in [0.717, 1.165) is 0 Å². The summed E-state index contributed by atoms with van der Waals surface area (Å²) in [6, 6.07) is 0.175. The molecule has 1 amide bonds. The van der Waals surface area contributed by atoms with E-state index in [-0.39, 0.29) is 18.1 Å². The maximum absolute atomic E-state index is 11.7. The summed E-state index contributed by atoms with van der Waals surface area (Å²) in [5, 5.41) is 0. The molecule has 0 saturated carbocycles. The van der Waals surface area contributed by atoms with Crippen molar-refractivity contribution < 1.29 is 9.53 Å². The molecule has 0 aliphatic carbocycles. The number of carbonyl (C=O) groups excluding carboxylic acids is 1. The van der Waals surface area contributed by atoms with Gasteiger partial charge in [-0.3, -0.25) is 4.79 Å². The molecule has 1 unspecified atom stereocenters. The zero-order valence-corrected chi connectivity index (χ0v) is 8.91. The summed E-state index contributed by atoms with van der Waals surface area (Å²) < 4.78 is 4.96. The third-order valence-corrected chi connectivity index (χ3v) is 1.98. The van der Waals surface area contributed by atoms with Crippen molar-refractivity contribution in [1.82, 2.24) is 4.90 Å². The van der Waals surface area contributed by atoms with Crippen molar-refractivity contribution in [2.45, 2.75) is 32.9 Å². The number of hydrogen-bond donors (Lipinski definition) is 1. The van der Waals surface area contributed by atoms with E-state index in [0.29, 0.717) is 13.1 Å². The van der Waals surface area contributed by atoms with Gasteiger partial charge in [0.25, 0.3) is 5.91 Å². The predicted octanol–water partition coefficient (Wildman–Crippen LogP) is 0.217. The van der Waals surface area contributed by atoms with Crippen LogP contribution in [0.3, 0.4) is 0 Å². The van der Waals surface area contributed by atoms with Gasteiger partial charge in [0.15, 0.2) is 0 Å². The SMILES string of the molecule is COC(C)C(=O)N(CCN)C(C)C. The molecule has 13 heavy (non-hydrogen) atoms. The largest absolute Gasteiger partial charge is 0.372 e. The highest BCUT2D eigenvalue weighted by atomic mass is 16.5. The third kappa shape index (κ3) is 3.74. The standard InChI is InChI=1S/C9H20N2O2/c1-7(2)11(6-5-10)9(12)8(3)13-4/h7-8H,5-6,10H2,1-4H3. The number of ether oxygens (including phenoxy) is 1. The highest BCUT2D eigenvalue weighted by molar-refractivity contribution is 5.80. The molecule has 0 radical (unpaired) electrons. The van der Waals surface area contributed by atoms with Crippen LogP contribution in [-0.4, -0.2) is 43.2 Å². The highest BCUT2D eigenvalue weighted by Crippen LogP contribution is 2.02. The van der Waals surface area contributed by atoms with Gasteiger partial charge in [-0.2, -0.15) is 0 Å². The molecule has 0 rings (SSSR count). The van der Waals surface area contributed by atoms with Crippen LogP contribution >= 0.6 is 0 Å². The molecule has 0 aromatic rings. The van der Waals surface area contributed by atoms with E-state index < -0.39 is 0 Å². The van der Waals surface area contributed by atoms with Crippen LogP contribution in [-0.2, 0) is 9.53 Å². The van der Waals surface area contributed by atoms with Gasteiger partial charge in [-0.25, -0.2) is 0 Å². The first-order valence-electron chi connectivity index (χ1n) is 4.58. The smallest absolute Gasteiger partial charge is 0.251 e. The molecule has 0 fully saturated rings. The van der Waals surface area contributed by atoms with E-state index in [4.69, 9.17) is 10.5 Å². The van der Waals surface area contributed by atoms with Crippen LogP contribution < -0.4 is 5.73 Å². The van der Waals surface area contributed by atoms with Gasteiger partial charge in [-0.15, -0.1) is 0 Å². The first-order chi connectivity index (χ1) is 6.04. The Bertz CT molecular complexity index is 160. The van der Waals surface area contributed by atoms with Crippen molar-refractivity contribution in [2.24, 2.45) is 5.73 Å². The summed E-state index contributed by atoms with van der Waals surface area (Å²) in [5.41, 5.74) is 5.41. The Hall–Kier alpha value is -0.610. The number of methoxy groups -OCH3 is 1. The monoisotopic (exact) mass is 188 g/mol. The Morgan fingerprint density at radius 3 is 2.31 bits per heavy atom. The van der Waals surface area contributed by atoms with Crippen LogP contribution in [0.4, 0.5) is 0 Å². The average Bonchev–Trinajstić information content (AvgIpc) is 2.11. The highest BCUT2D eigenvalue weighted by Gasteiger charge is 2.21. The first kappa shape index (κ1) is 12.4. The van der Waals surface area contributed by atoms with Crippen molar-refractivity contribution >= 4 is 5.91 Å². The van der Waals surface area contributed by atoms with Crippen LogP contribution in [0.15, 0.2) is 0 Å². The minimum absolute atomic E-state index is 0.00273. The number of rotatable bonds is 5. The van der Waals surface area contributed by atoms with E-state index in [1.807, 2.05) is 13.8 Å². The molecule has 2 N–H and O–H groups in total. The van der Waals surface area contributed by atoms with Gasteiger partial charge < -0.3 is 15.4 Å². The van der Waals surface area contributed by atoms with Crippen molar-refractivity contribution in [3.05, 3.63) is 0 Å². The minimum atomic E-state index is -0.381. The van der Waals surface area contributed by atoms with E-state index in [2.05, 4.69) is 0 Å². The molecule has 4 nitrogen and oxygen atoms in total. The van der Waals surface area contributed by atoms with Crippen LogP contribution in [0.25, 0.3) is 0 Å². The predicted molar refractivity (Wildman–Crippen MR) is 52.4 cm³/mol. The lowest BCUT2D eigenvalue weighted by Gasteiger charge is -2.28. The fourth-order valence-corrected chi connectivity index (χ4v) is 1.10. The molecule has 0 bridgehead atoms. The summed E-state index contributed by atoms with van der Waals surface area (Å²) in [4.78, 5) is 13.4. The topological polar surface area (TPSA) is 55.6 Å². The minimum Gasteiger partial charge on any atom is -0.372 e. The Kier molecular flexibility index (Phi) is 5.66. The zero-order chi connectivity index (χ0) is 10.4. The zero-order valence-electron chi connectivity index (χ0n) is 8.91. The lowest BCUT2D eigenvalue weighted by molar-refractivity contribution is -0.142. The molecular formula is C9H20N2O2. The fraction of sp³-hybridized carbons (Fsp3) is 0.889. The van der Waals surface area contributed by atoms with Crippen LogP contribution in [0.1, 0.15) is 20.8 Å². The molecule has 0 aliphatic heterocycles. The van der Waals surface area contributed by atoms with Gasteiger partial charge in [0, 0.05) is 26.2 Å². The summed E-state index contributed by atoms with van der Waals surface area (Å²) in [5.74, 6) is 0.00273. The Labute approximate surface area is 80.0 Å². The molecule has 0 aromatic carbocycles. The van der Waals surface area contributed by atoms with Crippen molar-refractivity contribution in [2.75, 3.05) is 20.2 Å². The van der Waals surface area contributed by atoms with E-state index in [9.17, 15) is 4.79 Å². The summed E-state index contributed by atoms with van der Waals surface area (Å²) in [6.45, 7) is 6.75. The number of amides is 1. The Balaban J connectivity index is 4.27. The molecule has 78 valence electrons. The Morgan fingerprint density at radius 2 is 2.00 bits per heavy atom. The summed E-state index contributed by atoms with van der Waals surface area (Å²) in [7, 11) is 1.53. The first-order valence-corrected chi connectivity index (χ1v) is 4.58. The molecule has 0 heterocycles. The van der Waals surface area contributed by atoms with Crippen molar-refractivity contribution in [3.8, 4) is 0 Å². The quantitative estimate of drug-likeness (QED) is 0.671. The van der Waals surface area contributed by atoms with Crippen LogP contribution in [0.5, 0.6) is 0 Å². The van der Waals surface area contributed by atoms with Gasteiger partial charge in [0.2, 0.25) is 0 Å². The maximum atomic E-state index is 11.7. The molecular weight excluding hydrogens is 168 g/mol. The molecule has 0 aromatic heterocycles. The van der Waals surface area contributed by atoms with Gasteiger partial charge >= 0.3 is 0 Å². The van der Waals surface area contributed by atoms with Gasteiger partial charge in [0.1, 0.15) is 6.10 Å². The third-order valence-electron chi connectivity index (χ3n) is 1.98. The van der Waals surface area contributed by atoms with E-state index >= 15 is 0 Å². The molecule has 0 aliphatic rings. The van der Waals surface area contributed by atoms with Crippen molar-refractivity contribution in [3.63, 3.8) is 0 Å². The molecule has 1 atom stereocenters. The lowest BCUT2D eigenvalue weighted by Crippen LogP contribution is -2.45. The van der Waals surface area contributed by atoms with Crippen LogP contribution in [0, 0.1) is 0 Å². The lowest BCUT2D eigenvalue weighted by atomic mass is 10.2. The molecule has 4 heteroatoms. The van der Waals surface area contributed by atoms with Gasteiger partial charge in [0.05, 0.1) is 0 Å². The molecule has 0 spiro atoms. The van der Waals surface area contributed by atoms with Gasteiger partial charge in [-0.1, -0.05) is 0 Å². The van der Waals surface area contributed by atoms with Gasteiger partial charge in [-0.05, 0) is 20.8 Å². The second-order valence-corrected chi connectivity index (χ2v) is 3.29. The van der Waals surface area contributed by atoms with Crippen LogP contribution in [0.2, 0.25) is 0 Å². The number of hydrogen-bond acceptors (Lipinski definition) is 3. The number of nitrogens with two attached hydrogens (primary N) is 1. The fourth-order valence-electron chi connectivity index (χ4n) is 1.10. The maximum Gasteiger partial charge on any atom is 0.251 e. The normalized spacial score (nSPS) is 13.1.